The molecule has 0 saturated heterocycles. The van der Waals surface area contributed by atoms with Crippen LogP contribution in [0, 0.1) is 0 Å². The van der Waals surface area contributed by atoms with E-state index in [4.69, 9.17) is 33.7 Å². The number of nitrogens with one attached hydrogen (secondary N) is 2. The van der Waals surface area contributed by atoms with Gasteiger partial charge in [-0.25, -0.2) is 4.98 Å². The highest BCUT2D eigenvalue weighted by molar-refractivity contribution is 7.80. The molecule has 174 valence electrons. The number of pyridine rings is 1. The minimum absolute atomic E-state index is 0.143. The van der Waals surface area contributed by atoms with Crippen LogP contribution in [0.2, 0.25) is 10.0 Å². The maximum atomic E-state index is 12.7. The van der Waals surface area contributed by atoms with Crippen molar-refractivity contribution < 1.29 is 9.53 Å². The summed E-state index contributed by atoms with van der Waals surface area (Å²) < 4.78 is 5.97. The van der Waals surface area contributed by atoms with Crippen molar-refractivity contribution in [1.82, 2.24) is 10.3 Å². The molecule has 1 heterocycles. The number of carbonyl (C=O) groups excluding carboxylic acids is 1. The molecular formula is C24H26Cl2N4O2S. The molecule has 6 nitrogen and oxygen atoms in total. The third-order valence-corrected chi connectivity index (χ3v) is 6.05. The second-order valence-corrected chi connectivity index (χ2v) is 8.60. The van der Waals surface area contributed by atoms with Gasteiger partial charge in [-0.15, -0.1) is 0 Å². The summed E-state index contributed by atoms with van der Waals surface area (Å²) in [5.74, 6) is 0.513. The van der Waals surface area contributed by atoms with Gasteiger partial charge in [-0.2, -0.15) is 12.6 Å². The fourth-order valence-electron chi connectivity index (χ4n) is 2.98. The Morgan fingerprint density at radius 2 is 1.79 bits per heavy atom. The first-order valence-electron chi connectivity index (χ1n) is 10.4. The fourth-order valence-corrected chi connectivity index (χ4v) is 3.64. The van der Waals surface area contributed by atoms with Crippen LogP contribution in [0.4, 0.5) is 5.69 Å². The van der Waals surface area contributed by atoms with E-state index in [1.807, 2.05) is 42.5 Å². The SMILES string of the molecule is CC(Oc1nc(-c2ccccc2)ccc1NCC(N)CS)C(=O)NCc1c(Cl)cccc1Cl. The summed E-state index contributed by atoms with van der Waals surface area (Å²) in [7, 11) is 0. The minimum Gasteiger partial charge on any atom is -0.463 e. The number of hydrogen-bond donors (Lipinski definition) is 4. The Morgan fingerprint density at radius 1 is 1.09 bits per heavy atom. The average Bonchev–Trinajstić information content (AvgIpc) is 2.83. The zero-order chi connectivity index (χ0) is 23.8. The predicted molar refractivity (Wildman–Crippen MR) is 138 cm³/mol. The summed E-state index contributed by atoms with van der Waals surface area (Å²) in [5.41, 5.74) is 8.92. The van der Waals surface area contributed by atoms with Gasteiger partial charge in [0.1, 0.15) is 0 Å². The number of hydrogen-bond acceptors (Lipinski definition) is 6. The quantitative estimate of drug-likeness (QED) is 0.297. The lowest BCUT2D eigenvalue weighted by molar-refractivity contribution is -0.127. The number of anilines is 1. The molecule has 3 aromatic rings. The van der Waals surface area contributed by atoms with E-state index in [1.54, 1.807) is 25.1 Å². The van der Waals surface area contributed by atoms with E-state index in [1.165, 1.54) is 0 Å². The normalized spacial score (nSPS) is 12.6. The molecule has 2 atom stereocenters. The smallest absolute Gasteiger partial charge is 0.261 e. The number of nitrogens with zero attached hydrogens (tertiary/aromatic N) is 1. The van der Waals surface area contributed by atoms with Crippen molar-refractivity contribution in [2.75, 3.05) is 17.6 Å². The van der Waals surface area contributed by atoms with Gasteiger partial charge in [0.2, 0.25) is 5.88 Å². The van der Waals surface area contributed by atoms with Crippen LogP contribution in [0.15, 0.2) is 60.7 Å². The zero-order valence-electron chi connectivity index (χ0n) is 18.1. The Labute approximate surface area is 209 Å². The lowest BCUT2D eigenvalue weighted by Crippen LogP contribution is -2.36. The van der Waals surface area contributed by atoms with Gasteiger partial charge in [0.05, 0.1) is 11.4 Å². The van der Waals surface area contributed by atoms with Crippen molar-refractivity contribution >= 4 is 47.4 Å². The first kappa shape index (κ1) is 25.2. The Bertz CT molecular complexity index is 1070. The van der Waals surface area contributed by atoms with Crippen LogP contribution in [-0.2, 0) is 11.3 Å². The van der Waals surface area contributed by atoms with Gasteiger partial charge < -0.3 is 21.1 Å². The van der Waals surface area contributed by atoms with Crippen molar-refractivity contribution in [3.63, 3.8) is 0 Å². The largest absolute Gasteiger partial charge is 0.463 e. The number of nitrogens with two attached hydrogens (primary N) is 1. The van der Waals surface area contributed by atoms with Gasteiger partial charge in [0.25, 0.3) is 5.91 Å². The Kier molecular flexibility index (Phi) is 9.26. The maximum Gasteiger partial charge on any atom is 0.261 e. The molecule has 2 unspecified atom stereocenters. The maximum absolute atomic E-state index is 12.7. The van der Waals surface area contributed by atoms with Crippen molar-refractivity contribution in [2.45, 2.75) is 25.6 Å². The second kappa shape index (κ2) is 12.1. The van der Waals surface area contributed by atoms with Crippen molar-refractivity contribution in [3.05, 3.63) is 76.3 Å². The van der Waals surface area contributed by atoms with Gasteiger partial charge in [-0.05, 0) is 31.2 Å². The molecule has 2 aromatic carbocycles. The van der Waals surface area contributed by atoms with Crippen LogP contribution in [0.25, 0.3) is 11.3 Å². The summed E-state index contributed by atoms with van der Waals surface area (Å²) in [6, 6.07) is 18.5. The van der Waals surface area contributed by atoms with Gasteiger partial charge in [-0.3, -0.25) is 4.79 Å². The number of thiol groups is 1. The summed E-state index contributed by atoms with van der Waals surface area (Å²) >= 11 is 16.6. The molecule has 0 saturated carbocycles. The van der Waals surface area contributed by atoms with E-state index in [0.29, 0.717) is 39.5 Å². The molecule has 0 aliphatic rings. The van der Waals surface area contributed by atoms with Crippen molar-refractivity contribution in [3.8, 4) is 17.1 Å². The standard InChI is InChI=1S/C24H26Cl2N4O2S/c1-15(23(31)29-13-18-19(25)8-5-9-20(18)26)32-24-22(28-12-17(27)14-33)11-10-21(30-24)16-6-3-2-4-7-16/h2-11,15,17,28,33H,12-14,27H2,1H3,(H,29,31). The van der Waals surface area contributed by atoms with Crippen LogP contribution in [0.5, 0.6) is 5.88 Å². The number of amides is 1. The number of rotatable bonds is 10. The highest BCUT2D eigenvalue weighted by Gasteiger charge is 2.19. The molecule has 0 spiro atoms. The van der Waals surface area contributed by atoms with Crippen LogP contribution in [-0.4, -0.2) is 35.3 Å². The molecule has 0 aliphatic heterocycles. The first-order valence-corrected chi connectivity index (χ1v) is 11.8. The van der Waals surface area contributed by atoms with Crippen molar-refractivity contribution in [1.29, 1.82) is 0 Å². The van der Waals surface area contributed by atoms with Crippen LogP contribution < -0.4 is 21.1 Å². The molecule has 0 fully saturated rings. The Balaban J connectivity index is 1.76. The van der Waals surface area contributed by atoms with E-state index >= 15 is 0 Å². The third kappa shape index (κ3) is 7.01. The number of ether oxygens (including phenoxy) is 1. The lowest BCUT2D eigenvalue weighted by Gasteiger charge is -2.19. The number of benzene rings is 2. The molecular weight excluding hydrogens is 479 g/mol. The highest BCUT2D eigenvalue weighted by Crippen LogP contribution is 2.28. The topological polar surface area (TPSA) is 89.3 Å². The number of carbonyl (C=O) groups is 1. The van der Waals surface area contributed by atoms with Gasteiger partial charge in [-0.1, -0.05) is 59.6 Å². The van der Waals surface area contributed by atoms with E-state index in [2.05, 4.69) is 28.2 Å². The zero-order valence-corrected chi connectivity index (χ0v) is 20.5. The Hall–Kier alpha value is -2.45. The molecule has 4 N–H and O–H groups in total. The third-order valence-electron chi connectivity index (χ3n) is 4.88. The highest BCUT2D eigenvalue weighted by atomic mass is 35.5. The monoisotopic (exact) mass is 504 g/mol. The predicted octanol–water partition coefficient (Wildman–Crippen LogP) is 4.81. The summed E-state index contributed by atoms with van der Waals surface area (Å²) in [6.07, 6.45) is -0.816. The lowest BCUT2D eigenvalue weighted by atomic mass is 10.1. The molecule has 0 aliphatic carbocycles. The van der Waals surface area contributed by atoms with Crippen LogP contribution in [0.1, 0.15) is 12.5 Å². The second-order valence-electron chi connectivity index (χ2n) is 7.42. The summed E-state index contributed by atoms with van der Waals surface area (Å²) in [4.78, 5) is 17.4. The molecule has 0 bridgehead atoms. The number of halogens is 2. The van der Waals surface area contributed by atoms with Gasteiger partial charge >= 0.3 is 0 Å². The van der Waals surface area contributed by atoms with Crippen LogP contribution >= 0.6 is 35.8 Å². The van der Waals surface area contributed by atoms with E-state index in [0.717, 1.165) is 11.3 Å². The molecule has 9 heteroatoms. The van der Waals surface area contributed by atoms with E-state index in [9.17, 15) is 4.79 Å². The fraction of sp³-hybridized carbons (Fsp3) is 0.250. The van der Waals surface area contributed by atoms with Crippen molar-refractivity contribution in [2.24, 2.45) is 5.73 Å². The van der Waals surface area contributed by atoms with Gasteiger partial charge in [0, 0.05) is 46.1 Å². The Morgan fingerprint density at radius 3 is 2.45 bits per heavy atom. The van der Waals surface area contributed by atoms with Gasteiger partial charge in [0.15, 0.2) is 6.10 Å². The number of aromatic nitrogens is 1. The van der Waals surface area contributed by atoms with E-state index < -0.39 is 6.10 Å². The molecule has 1 amide bonds. The summed E-state index contributed by atoms with van der Waals surface area (Å²) in [6.45, 7) is 2.33. The molecule has 0 radical (unpaired) electrons. The molecule has 3 rings (SSSR count). The van der Waals surface area contributed by atoms with E-state index in [-0.39, 0.29) is 18.5 Å². The first-order chi connectivity index (χ1) is 15.9. The van der Waals surface area contributed by atoms with Crippen LogP contribution in [0.3, 0.4) is 0 Å². The average molecular weight is 505 g/mol. The minimum atomic E-state index is -0.816. The molecule has 33 heavy (non-hydrogen) atoms. The summed E-state index contributed by atoms with van der Waals surface area (Å²) in [5, 5.41) is 7.02. The molecule has 1 aromatic heterocycles.